The molecule has 28 heavy (non-hydrogen) atoms. The second-order valence-electron chi connectivity index (χ2n) is 6.85. The number of methoxy groups -OCH3 is 1. The maximum Gasteiger partial charge on any atom is 0.242 e. The SMILES string of the molecule is CCCS(=O)(=O)N1CCCC1C(=O)Nc1ccccc1-c1ccc(OC)cc1. The Morgan fingerprint density at radius 1 is 1.18 bits per heavy atom. The fourth-order valence-corrected chi connectivity index (χ4v) is 5.29. The third-order valence-electron chi connectivity index (χ3n) is 4.91. The number of hydrogen-bond acceptors (Lipinski definition) is 4. The quantitative estimate of drug-likeness (QED) is 0.769. The lowest BCUT2D eigenvalue weighted by molar-refractivity contribution is -0.119. The van der Waals surface area contributed by atoms with Gasteiger partial charge in [0, 0.05) is 17.8 Å². The summed E-state index contributed by atoms with van der Waals surface area (Å²) in [4.78, 5) is 12.9. The summed E-state index contributed by atoms with van der Waals surface area (Å²) in [5.74, 6) is 0.547. The number of amides is 1. The van der Waals surface area contributed by atoms with Gasteiger partial charge in [-0.2, -0.15) is 4.31 Å². The van der Waals surface area contributed by atoms with Crippen molar-refractivity contribution < 1.29 is 17.9 Å². The number of nitrogens with one attached hydrogen (secondary N) is 1. The fraction of sp³-hybridized carbons (Fsp3) is 0.381. The molecule has 1 aliphatic heterocycles. The van der Waals surface area contributed by atoms with Crippen molar-refractivity contribution >= 4 is 21.6 Å². The van der Waals surface area contributed by atoms with Crippen molar-refractivity contribution in [2.45, 2.75) is 32.2 Å². The first-order valence-electron chi connectivity index (χ1n) is 9.50. The molecule has 3 rings (SSSR count). The molecule has 1 amide bonds. The van der Waals surface area contributed by atoms with Crippen molar-refractivity contribution in [2.75, 3.05) is 24.7 Å². The summed E-state index contributed by atoms with van der Waals surface area (Å²) >= 11 is 0. The van der Waals surface area contributed by atoms with Crippen LogP contribution in [0.15, 0.2) is 48.5 Å². The zero-order chi connectivity index (χ0) is 20.1. The van der Waals surface area contributed by atoms with Gasteiger partial charge in [-0.25, -0.2) is 8.42 Å². The van der Waals surface area contributed by atoms with E-state index >= 15 is 0 Å². The Morgan fingerprint density at radius 2 is 1.89 bits per heavy atom. The Balaban J connectivity index is 1.83. The molecule has 1 N–H and O–H groups in total. The molecule has 1 fully saturated rings. The number of hydrogen-bond donors (Lipinski definition) is 1. The smallest absolute Gasteiger partial charge is 0.242 e. The van der Waals surface area contributed by atoms with E-state index in [1.807, 2.05) is 55.5 Å². The van der Waals surface area contributed by atoms with E-state index in [0.717, 1.165) is 16.9 Å². The number of nitrogens with zero attached hydrogens (tertiary/aromatic N) is 1. The van der Waals surface area contributed by atoms with Gasteiger partial charge in [0.25, 0.3) is 0 Å². The molecule has 1 saturated heterocycles. The summed E-state index contributed by atoms with van der Waals surface area (Å²) < 4.78 is 31.5. The van der Waals surface area contributed by atoms with Crippen LogP contribution < -0.4 is 10.1 Å². The molecule has 0 spiro atoms. The van der Waals surface area contributed by atoms with Gasteiger partial charge in [0.15, 0.2) is 0 Å². The molecule has 2 aromatic carbocycles. The molecule has 0 radical (unpaired) electrons. The lowest BCUT2D eigenvalue weighted by Gasteiger charge is -2.23. The van der Waals surface area contributed by atoms with Crippen molar-refractivity contribution in [3.63, 3.8) is 0 Å². The van der Waals surface area contributed by atoms with Crippen molar-refractivity contribution in [3.05, 3.63) is 48.5 Å². The molecular weight excluding hydrogens is 376 g/mol. The van der Waals surface area contributed by atoms with Crippen LogP contribution in [-0.4, -0.2) is 44.1 Å². The Kier molecular flexibility index (Phi) is 6.36. The van der Waals surface area contributed by atoms with Gasteiger partial charge < -0.3 is 10.1 Å². The van der Waals surface area contributed by atoms with E-state index in [9.17, 15) is 13.2 Å². The summed E-state index contributed by atoms with van der Waals surface area (Å²) in [6, 6.07) is 14.4. The highest BCUT2D eigenvalue weighted by Crippen LogP contribution is 2.30. The standard InChI is InChI=1S/C21H26N2O4S/c1-3-15-28(25,26)23-14-6-9-20(23)21(24)22-19-8-5-4-7-18(19)16-10-12-17(27-2)13-11-16/h4-5,7-8,10-13,20H,3,6,9,14-15H2,1-2H3,(H,22,24). The van der Waals surface area contributed by atoms with Crippen LogP contribution in [0.3, 0.4) is 0 Å². The number of ether oxygens (including phenoxy) is 1. The number of sulfonamides is 1. The number of anilines is 1. The molecule has 7 heteroatoms. The van der Waals surface area contributed by atoms with Gasteiger partial charge in [0.05, 0.1) is 12.9 Å². The van der Waals surface area contributed by atoms with E-state index in [4.69, 9.17) is 4.74 Å². The van der Waals surface area contributed by atoms with Crippen LogP contribution in [0, 0.1) is 0 Å². The molecule has 2 aromatic rings. The first kappa shape index (κ1) is 20.4. The maximum atomic E-state index is 12.9. The number of carbonyl (C=O) groups is 1. The zero-order valence-corrected chi connectivity index (χ0v) is 17.0. The Hall–Kier alpha value is -2.38. The second-order valence-corrected chi connectivity index (χ2v) is 8.89. The van der Waals surface area contributed by atoms with E-state index in [1.165, 1.54) is 4.31 Å². The summed E-state index contributed by atoms with van der Waals surface area (Å²) in [5, 5.41) is 2.95. The molecular formula is C21H26N2O4S. The van der Waals surface area contributed by atoms with Gasteiger partial charge >= 0.3 is 0 Å². The first-order valence-corrected chi connectivity index (χ1v) is 11.1. The minimum Gasteiger partial charge on any atom is -0.497 e. The van der Waals surface area contributed by atoms with Crippen molar-refractivity contribution in [1.82, 2.24) is 4.31 Å². The molecule has 6 nitrogen and oxygen atoms in total. The van der Waals surface area contributed by atoms with E-state index < -0.39 is 16.1 Å². The summed E-state index contributed by atoms with van der Waals surface area (Å²) in [6.07, 6.45) is 1.77. The normalized spacial score (nSPS) is 17.4. The van der Waals surface area contributed by atoms with Crippen LogP contribution in [0.25, 0.3) is 11.1 Å². The van der Waals surface area contributed by atoms with Crippen LogP contribution in [0.1, 0.15) is 26.2 Å². The van der Waals surface area contributed by atoms with Crippen LogP contribution in [-0.2, 0) is 14.8 Å². The average Bonchev–Trinajstić information content (AvgIpc) is 3.20. The lowest BCUT2D eigenvalue weighted by Crippen LogP contribution is -2.44. The van der Waals surface area contributed by atoms with Crippen LogP contribution in [0.2, 0.25) is 0 Å². The molecule has 1 unspecified atom stereocenters. The summed E-state index contributed by atoms with van der Waals surface area (Å²) in [5.41, 5.74) is 2.48. The lowest BCUT2D eigenvalue weighted by atomic mass is 10.0. The molecule has 0 aromatic heterocycles. The fourth-order valence-electron chi connectivity index (χ4n) is 3.54. The minimum absolute atomic E-state index is 0.0687. The van der Waals surface area contributed by atoms with Crippen molar-refractivity contribution in [1.29, 1.82) is 0 Å². The maximum absolute atomic E-state index is 12.9. The zero-order valence-electron chi connectivity index (χ0n) is 16.2. The molecule has 1 atom stereocenters. The predicted octanol–water partition coefficient (Wildman–Crippen LogP) is 3.50. The van der Waals surface area contributed by atoms with Gasteiger partial charge in [0.1, 0.15) is 11.8 Å². The monoisotopic (exact) mass is 402 g/mol. The highest BCUT2D eigenvalue weighted by molar-refractivity contribution is 7.89. The Morgan fingerprint density at radius 3 is 2.57 bits per heavy atom. The molecule has 0 aliphatic carbocycles. The number of rotatable bonds is 7. The van der Waals surface area contributed by atoms with E-state index in [0.29, 0.717) is 31.5 Å². The summed E-state index contributed by atoms with van der Waals surface area (Å²) in [7, 11) is -1.79. The van der Waals surface area contributed by atoms with Crippen LogP contribution in [0.4, 0.5) is 5.69 Å². The van der Waals surface area contributed by atoms with Gasteiger partial charge in [-0.3, -0.25) is 4.79 Å². The van der Waals surface area contributed by atoms with E-state index in [-0.39, 0.29) is 11.7 Å². The predicted molar refractivity (Wildman–Crippen MR) is 111 cm³/mol. The van der Waals surface area contributed by atoms with Gasteiger partial charge in [0.2, 0.25) is 15.9 Å². The number of benzene rings is 2. The third kappa shape index (κ3) is 4.36. The van der Waals surface area contributed by atoms with Gasteiger partial charge in [-0.1, -0.05) is 37.3 Å². The molecule has 0 saturated carbocycles. The Labute approximate surface area is 166 Å². The van der Waals surface area contributed by atoms with E-state index in [2.05, 4.69) is 5.32 Å². The topological polar surface area (TPSA) is 75.7 Å². The van der Waals surface area contributed by atoms with Crippen LogP contribution in [0.5, 0.6) is 5.75 Å². The minimum atomic E-state index is -3.41. The number of carbonyl (C=O) groups excluding carboxylic acids is 1. The highest BCUT2D eigenvalue weighted by Gasteiger charge is 2.38. The van der Waals surface area contributed by atoms with Crippen molar-refractivity contribution in [2.24, 2.45) is 0 Å². The molecule has 150 valence electrons. The third-order valence-corrected chi connectivity index (χ3v) is 6.99. The molecule has 0 bridgehead atoms. The average molecular weight is 403 g/mol. The van der Waals surface area contributed by atoms with E-state index in [1.54, 1.807) is 7.11 Å². The van der Waals surface area contributed by atoms with Gasteiger partial charge in [-0.15, -0.1) is 0 Å². The largest absolute Gasteiger partial charge is 0.497 e. The Bertz CT molecular complexity index is 926. The molecule has 1 heterocycles. The first-order chi connectivity index (χ1) is 13.5. The van der Waals surface area contributed by atoms with Gasteiger partial charge in [-0.05, 0) is 43.0 Å². The van der Waals surface area contributed by atoms with Crippen LogP contribution >= 0.6 is 0 Å². The summed E-state index contributed by atoms with van der Waals surface area (Å²) in [6.45, 7) is 2.23. The van der Waals surface area contributed by atoms with Crippen molar-refractivity contribution in [3.8, 4) is 16.9 Å². The second kappa shape index (κ2) is 8.75. The molecule has 1 aliphatic rings. The number of para-hydroxylation sites is 1. The highest BCUT2D eigenvalue weighted by atomic mass is 32.2.